The standard InChI is InChI=1S/C11H11N3O5S/c1-6-12-5-10(13-6)20(18,19)14-7-2-3-8(11(16)17)9(15)4-7/h2-5,14-15H,1H3,(H,12,13)(H,16,17). The number of rotatable bonds is 4. The van der Waals surface area contributed by atoms with Gasteiger partial charge >= 0.3 is 5.97 Å². The summed E-state index contributed by atoms with van der Waals surface area (Å²) in [7, 11) is -3.87. The predicted molar refractivity (Wildman–Crippen MR) is 69.2 cm³/mol. The zero-order valence-electron chi connectivity index (χ0n) is 10.3. The summed E-state index contributed by atoms with van der Waals surface area (Å²) in [6.45, 7) is 1.60. The number of carbonyl (C=O) groups is 1. The molecule has 2 rings (SSSR count). The molecule has 1 heterocycles. The predicted octanol–water partition coefficient (Wildman–Crippen LogP) is 0.923. The first-order valence-corrected chi connectivity index (χ1v) is 6.88. The first kappa shape index (κ1) is 13.9. The van der Waals surface area contributed by atoms with Gasteiger partial charge in [0.1, 0.15) is 17.1 Å². The molecular weight excluding hydrogens is 286 g/mol. The Labute approximate surface area is 114 Å². The summed E-state index contributed by atoms with van der Waals surface area (Å²) in [4.78, 5) is 17.1. The van der Waals surface area contributed by atoms with Crippen molar-refractivity contribution in [2.45, 2.75) is 11.9 Å². The summed E-state index contributed by atoms with van der Waals surface area (Å²) >= 11 is 0. The van der Waals surface area contributed by atoms with Crippen molar-refractivity contribution in [2.75, 3.05) is 4.72 Å². The number of benzene rings is 1. The third kappa shape index (κ3) is 2.72. The number of anilines is 1. The highest BCUT2D eigenvalue weighted by molar-refractivity contribution is 7.92. The smallest absolute Gasteiger partial charge is 0.339 e. The van der Waals surface area contributed by atoms with E-state index >= 15 is 0 Å². The second kappa shape index (κ2) is 4.85. The van der Waals surface area contributed by atoms with Crippen LogP contribution in [0.2, 0.25) is 0 Å². The highest BCUT2D eigenvalue weighted by atomic mass is 32.2. The summed E-state index contributed by atoms with van der Waals surface area (Å²) in [5.41, 5.74) is -0.273. The number of hydrogen-bond acceptors (Lipinski definition) is 5. The average molecular weight is 297 g/mol. The van der Waals surface area contributed by atoms with Crippen molar-refractivity contribution in [3.8, 4) is 5.75 Å². The number of sulfonamides is 1. The number of aromatic nitrogens is 2. The van der Waals surface area contributed by atoms with Crippen LogP contribution in [0.3, 0.4) is 0 Å². The molecule has 1 aromatic heterocycles. The number of carboxylic acids is 1. The van der Waals surface area contributed by atoms with E-state index in [-0.39, 0.29) is 16.3 Å². The lowest BCUT2D eigenvalue weighted by Crippen LogP contribution is -2.13. The molecule has 0 spiro atoms. The molecule has 0 aliphatic heterocycles. The van der Waals surface area contributed by atoms with E-state index in [4.69, 9.17) is 5.11 Å². The van der Waals surface area contributed by atoms with Crippen molar-refractivity contribution < 1.29 is 23.4 Å². The molecule has 0 saturated heterocycles. The van der Waals surface area contributed by atoms with Crippen molar-refractivity contribution in [2.24, 2.45) is 0 Å². The Morgan fingerprint density at radius 3 is 2.60 bits per heavy atom. The first-order valence-electron chi connectivity index (χ1n) is 5.40. The highest BCUT2D eigenvalue weighted by Crippen LogP contribution is 2.23. The topological polar surface area (TPSA) is 132 Å². The van der Waals surface area contributed by atoms with E-state index in [1.807, 2.05) is 0 Å². The number of hydrogen-bond donors (Lipinski definition) is 4. The number of imidazole rings is 1. The second-order valence-corrected chi connectivity index (χ2v) is 5.63. The van der Waals surface area contributed by atoms with Crippen LogP contribution in [0.1, 0.15) is 16.2 Å². The van der Waals surface area contributed by atoms with Crippen LogP contribution >= 0.6 is 0 Å². The Kier molecular flexibility index (Phi) is 3.36. The molecule has 0 radical (unpaired) electrons. The number of aryl methyl sites for hydroxylation is 1. The fourth-order valence-corrected chi connectivity index (χ4v) is 2.54. The van der Waals surface area contributed by atoms with Gasteiger partial charge in [0, 0.05) is 6.07 Å². The van der Waals surface area contributed by atoms with E-state index in [0.717, 1.165) is 18.3 Å². The van der Waals surface area contributed by atoms with Gasteiger partial charge in [-0.15, -0.1) is 0 Å². The fourth-order valence-electron chi connectivity index (χ4n) is 1.52. The molecule has 0 atom stereocenters. The minimum Gasteiger partial charge on any atom is -0.507 e. The van der Waals surface area contributed by atoms with Gasteiger partial charge in [-0.2, -0.15) is 8.42 Å². The van der Waals surface area contributed by atoms with Gasteiger partial charge in [0.05, 0.1) is 11.9 Å². The molecule has 0 aliphatic carbocycles. The van der Waals surface area contributed by atoms with Gasteiger partial charge in [0.25, 0.3) is 10.0 Å². The molecule has 0 aliphatic rings. The minimum absolute atomic E-state index is 0.0414. The van der Waals surface area contributed by atoms with Crippen LogP contribution in [-0.4, -0.2) is 34.6 Å². The summed E-state index contributed by atoms with van der Waals surface area (Å²) < 4.78 is 26.1. The quantitative estimate of drug-likeness (QED) is 0.663. The number of nitrogens with zero attached hydrogens (tertiary/aromatic N) is 1. The Bertz CT molecular complexity index is 766. The number of aromatic hydroxyl groups is 1. The number of aromatic carboxylic acids is 1. The Balaban J connectivity index is 2.30. The van der Waals surface area contributed by atoms with E-state index in [0.29, 0.717) is 5.82 Å². The molecule has 20 heavy (non-hydrogen) atoms. The molecule has 1 aromatic carbocycles. The molecule has 8 nitrogen and oxygen atoms in total. The van der Waals surface area contributed by atoms with Crippen molar-refractivity contribution in [3.05, 3.63) is 35.8 Å². The van der Waals surface area contributed by atoms with Gasteiger partial charge in [0.15, 0.2) is 5.03 Å². The van der Waals surface area contributed by atoms with E-state index < -0.39 is 21.7 Å². The van der Waals surface area contributed by atoms with Crippen molar-refractivity contribution in [3.63, 3.8) is 0 Å². The van der Waals surface area contributed by atoms with E-state index in [1.54, 1.807) is 6.92 Å². The van der Waals surface area contributed by atoms with Crippen LogP contribution in [0, 0.1) is 6.92 Å². The molecule has 0 bridgehead atoms. The number of nitrogens with one attached hydrogen (secondary N) is 2. The molecule has 0 saturated carbocycles. The van der Waals surface area contributed by atoms with Crippen molar-refractivity contribution in [1.82, 2.24) is 9.97 Å². The van der Waals surface area contributed by atoms with Gasteiger partial charge in [-0.1, -0.05) is 0 Å². The first-order chi connectivity index (χ1) is 9.29. The molecule has 9 heteroatoms. The lowest BCUT2D eigenvalue weighted by Gasteiger charge is -2.07. The van der Waals surface area contributed by atoms with Crippen molar-refractivity contribution >= 4 is 21.7 Å². The molecular formula is C11H11N3O5S. The van der Waals surface area contributed by atoms with Gasteiger partial charge in [-0.25, -0.2) is 9.78 Å². The van der Waals surface area contributed by atoms with Gasteiger partial charge in [0.2, 0.25) is 0 Å². The zero-order chi connectivity index (χ0) is 14.9. The maximum Gasteiger partial charge on any atom is 0.339 e. The minimum atomic E-state index is -3.87. The third-order valence-corrected chi connectivity index (χ3v) is 3.74. The largest absolute Gasteiger partial charge is 0.507 e. The van der Waals surface area contributed by atoms with E-state index in [2.05, 4.69) is 14.7 Å². The molecule has 2 aromatic rings. The Morgan fingerprint density at radius 2 is 2.10 bits per heavy atom. The number of phenols is 1. The monoisotopic (exact) mass is 297 g/mol. The van der Waals surface area contributed by atoms with Gasteiger partial charge in [-0.3, -0.25) is 4.72 Å². The third-order valence-electron chi connectivity index (χ3n) is 2.45. The lowest BCUT2D eigenvalue weighted by molar-refractivity contribution is 0.0694. The molecule has 0 fully saturated rings. The fraction of sp³-hybridized carbons (Fsp3) is 0.0909. The zero-order valence-corrected chi connectivity index (χ0v) is 11.1. The number of H-pyrrole nitrogens is 1. The van der Waals surface area contributed by atoms with Crippen LogP contribution in [0.5, 0.6) is 5.75 Å². The Hall–Kier alpha value is -2.55. The summed E-state index contributed by atoms with van der Waals surface area (Å²) in [5.74, 6) is -1.39. The number of carboxylic acid groups (broad SMARTS) is 1. The summed E-state index contributed by atoms with van der Waals surface area (Å²) in [5, 5.41) is 18.1. The highest BCUT2D eigenvalue weighted by Gasteiger charge is 2.18. The van der Waals surface area contributed by atoms with Crippen LogP contribution in [0.15, 0.2) is 29.4 Å². The summed E-state index contributed by atoms with van der Waals surface area (Å²) in [6, 6.07) is 3.36. The average Bonchev–Trinajstić information content (AvgIpc) is 2.75. The van der Waals surface area contributed by atoms with Crippen LogP contribution in [0.4, 0.5) is 5.69 Å². The maximum absolute atomic E-state index is 12.0. The normalized spacial score (nSPS) is 11.2. The van der Waals surface area contributed by atoms with Gasteiger partial charge < -0.3 is 15.2 Å². The second-order valence-electron chi connectivity index (χ2n) is 3.98. The molecule has 0 amide bonds. The van der Waals surface area contributed by atoms with Crippen LogP contribution in [0.25, 0.3) is 0 Å². The maximum atomic E-state index is 12.0. The Morgan fingerprint density at radius 1 is 1.40 bits per heavy atom. The van der Waals surface area contributed by atoms with Gasteiger partial charge in [-0.05, 0) is 19.1 Å². The van der Waals surface area contributed by atoms with Crippen LogP contribution < -0.4 is 4.72 Å². The molecule has 106 valence electrons. The SMILES string of the molecule is Cc1ncc(S(=O)(=O)Nc2ccc(C(=O)O)c(O)c2)[nH]1. The van der Waals surface area contributed by atoms with Crippen LogP contribution in [-0.2, 0) is 10.0 Å². The molecule has 4 N–H and O–H groups in total. The lowest BCUT2D eigenvalue weighted by atomic mass is 10.2. The van der Waals surface area contributed by atoms with E-state index in [9.17, 15) is 18.3 Å². The molecule has 0 unspecified atom stereocenters. The van der Waals surface area contributed by atoms with Crippen molar-refractivity contribution in [1.29, 1.82) is 0 Å². The summed E-state index contributed by atoms with van der Waals surface area (Å²) in [6.07, 6.45) is 1.16. The van der Waals surface area contributed by atoms with E-state index in [1.165, 1.54) is 6.07 Å². The number of aromatic amines is 1.